The molecule has 0 unspecified atom stereocenters. The number of nitro groups is 1. The molecule has 0 bridgehead atoms. The highest BCUT2D eigenvalue weighted by Gasteiger charge is 2.22. The first-order valence-electron chi connectivity index (χ1n) is 9.07. The van der Waals surface area contributed by atoms with Crippen LogP contribution in [0.1, 0.15) is 21.6 Å². The van der Waals surface area contributed by atoms with E-state index in [1.54, 1.807) is 30.2 Å². The van der Waals surface area contributed by atoms with Gasteiger partial charge in [-0.3, -0.25) is 14.9 Å². The number of carbonyl (C=O) groups is 1. The average Bonchev–Trinajstić information content (AvgIpc) is 3.15. The third-order valence-corrected chi connectivity index (χ3v) is 4.78. The Balaban J connectivity index is 1.76. The minimum Gasteiger partial charge on any atom is -0.302 e. The molecule has 2 aromatic heterocycles. The molecule has 7 nitrogen and oxygen atoms in total. The van der Waals surface area contributed by atoms with Gasteiger partial charge < -0.3 is 9.30 Å². The molecule has 0 aliphatic heterocycles. The quantitative estimate of drug-likeness (QED) is 0.376. The van der Waals surface area contributed by atoms with E-state index >= 15 is 0 Å². The Kier molecular flexibility index (Phi) is 4.78. The van der Waals surface area contributed by atoms with Gasteiger partial charge in [0.15, 0.2) is 0 Å². The van der Waals surface area contributed by atoms with Crippen molar-refractivity contribution in [3.05, 3.63) is 106 Å². The molecule has 0 spiro atoms. The van der Waals surface area contributed by atoms with Crippen LogP contribution in [0, 0.1) is 17.0 Å². The summed E-state index contributed by atoms with van der Waals surface area (Å²) in [4.78, 5) is 30.2. The van der Waals surface area contributed by atoms with Gasteiger partial charge in [-0.15, -0.1) is 0 Å². The van der Waals surface area contributed by atoms with Crippen molar-refractivity contribution in [1.29, 1.82) is 0 Å². The Bertz CT molecular complexity index is 1200. The molecule has 4 aromatic rings. The number of para-hydroxylation sites is 1. The zero-order valence-electron chi connectivity index (χ0n) is 15.7. The van der Waals surface area contributed by atoms with Crippen molar-refractivity contribution >= 4 is 22.9 Å². The highest BCUT2D eigenvalue weighted by atomic mass is 16.6. The lowest BCUT2D eigenvalue weighted by atomic mass is 10.1. The first kappa shape index (κ1) is 18.4. The van der Waals surface area contributed by atoms with Crippen LogP contribution in [0.4, 0.5) is 11.4 Å². The molecule has 0 fully saturated rings. The van der Waals surface area contributed by atoms with Gasteiger partial charge in [0.1, 0.15) is 5.65 Å². The Hall–Kier alpha value is -4.00. The molecule has 0 radical (unpaired) electrons. The lowest BCUT2D eigenvalue weighted by molar-refractivity contribution is -0.385. The summed E-state index contributed by atoms with van der Waals surface area (Å²) in [6.45, 7) is 1.93. The van der Waals surface area contributed by atoms with Gasteiger partial charge in [0.05, 0.1) is 23.4 Å². The second-order valence-corrected chi connectivity index (χ2v) is 6.66. The summed E-state index contributed by atoms with van der Waals surface area (Å²) >= 11 is 0. The van der Waals surface area contributed by atoms with Gasteiger partial charge in [0.25, 0.3) is 11.6 Å². The number of anilines is 1. The fourth-order valence-corrected chi connectivity index (χ4v) is 3.25. The number of nitro benzene ring substituents is 1. The number of fused-ring (bicyclic) bond motifs is 1. The maximum atomic E-state index is 13.4. The number of benzene rings is 2. The number of imidazole rings is 1. The number of carbonyl (C=O) groups excluding carboxylic acids is 1. The molecule has 0 saturated heterocycles. The maximum absolute atomic E-state index is 13.4. The monoisotopic (exact) mass is 386 g/mol. The van der Waals surface area contributed by atoms with Crippen LogP contribution in [0.15, 0.2) is 79.1 Å². The lowest BCUT2D eigenvalue weighted by Crippen LogP contribution is -2.31. The first-order chi connectivity index (χ1) is 14.0. The Morgan fingerprint density at radius 1 is 1.10 bits per heavy atom. The van der Waals surface area contributed by atoms with Crippen molar-refractivity contribution in [2.75, 3.05) is 4.90 Å². The number of aryl methyl sites for hydroxylation is 1. The zero-order valence-corrected chi connectivity index (χ0v) is 15.7. The summed E-state index contributed by atoms with van der Waals surface area (Å²) in [6, 6.07) is 19.5. The van der Waals surface area contributed by atoms with Crippen molar-refractivity contribution in [3.63, 3.8) is 0 Å². The van der Waals surface area contributed by atoms with E-state index in [1.807, 2.05) is 59.1 Å². The van der Waals surface area contributed by atoms with E-state index < -0.39 is 4.92 Å². The summed E-state index contributed by atoms with van der Waals surface area (Å²) < 4.78 is 1.92. The third kappa shape index (κ3) is 3.58. The fourth-order valence-electron chi connectivity index (χ4n) is 3.25. The van der Waals surface area contributed by atoms with Crippen LogP contribution in [-0.2, 0) is 6.54 Å². The number of aromatic nitrogens is 2. The molecule has 0 N–H and O–H groups in total. The van der Waals surface area contributed by atoms with Crippen LogP contribution in [0.2, 0.25) is 0 Å². The van der Waals surface area contributed by atoms with Crippen LogP contribution in [0.25, 0.3) is 5.65 Å². The number of amides is 1. The van der Waals surface area contributed by atoms with E-state index in [0.29, 0.717) is 11.3 Å². The largest absolute Gasteiger partial charge is 0.302 e. The third-order valence-electron chi connectivity index (χ3n) is 4.78. The van der Waals surface area contributed by atoms with E-state index in [1.165, 1.54) is 6.07 Å². The Morgan fingerprint density at radius 2 is 1.86 bits per heavy atom. The van der Waals surface area contributed by atoms with Crippen LogP contribution in [0.5, 0.6) is 0 Å². The second-order valence-electron chi connectivity index (χ2n) is 6.66. The molecular weight excluding hydrogens is 368 g/mol. The minimum atomic E-state index is -0.469. The average molecular weight is 386 g/mol. The highest BCUT2D eigenvalue weighted by molar-refractivity contribution is 6.06. The van der Waals surface area contributed by atoms with E-state index in [2.05, 4.69) is 4.98 Å². The molecule has 144 valence electrons. The van der Waals surface area contributed by atoms with Gasteiger partial charge in [0, 0.05) is 29.1 Å². The summed E-state index contributed by atoms with van der Waals surface area (Å²) in [5.74, 6) is -0.315. The molecule has 2 aromatic carbocycles. The number of rotatable bonds is 5. The number of hydrogen-bond acceptors (Lipinski definition) is 4. The van der Waals surface area contributed by atoms with Crippen molar-refractivity contribution in [2.45, 2.75) is 13.5 Å². The van der Waals surface area contributed by atoms with Crippen molar-refractivity contribution in [3.8, 4) is 0 Å². The van der Waals surface area contributed by atoms with E-state index in [4.69, 9.17) is 0 Å². The fraction of sp³-hybridized carbons (Fsp3) is 0.0909. The summed E-state index contributed by atoms with van der Waals surface area (Å²) in [7, 11) is 0. The number of pyridine rings is 1. The predicted molar refractivity (Wildman–Crippen MR) is 110 cm³/mol. The molecule has 2 heterocycles. The lowest BCUT2D eigenvalue weighted by Gasteiger charge is -2.23. The molecule has 29 heavy (non-hydrogen) atoms. The molecule has 0 aliphatic carbocycles. The Labute approximate surface area is 167 Å². The van der Waals surface area contributed by atoms with Crippen molar-refractivity contribution in [2.24, 2.45) is 0 Å². The van der Waals surface area contributed by atoms with Crippen LogP contribution in [0.3, 0.4) is 0 Å². The molecule has 0 atom stereocenters. The molecule has 0 saturated carbocycles. The van der Waals surface area contributed by atoms with E-state index in [9.17, 15) is 14.9 Å². The molecule has 1 amide bonds. The van der Waals surface area contributed by atoms with Gasteiger partial charge in [-0.25, -0.2) is 4.98 Å². The van der Waals surface area contributed by atoms with E-state index in [-0.39, 0.29) is 23.7 Å². The number of nitrogens with zero attached hydrogens (tertiary/aromatic N) is 4. The molecular formula is C22H18N4O3. The van der Waals surface area contributed by atoms with Gasteiger partial charge in [-0.1, -0.05) is 30.3 Å². The molecule has 4 rings (SSSR count). The van der Waals surface area contributed by atoms with Crippen LogP contribution in [-0.4, -0.2) is 20.2 Å². The van der Waals surface area contributed by atoms with Gasteiger partial charge in [-0.05, 0) is 37.3 Å². The topological polar surface area (TPSA) is 80.8 Å². The number of hydrogen-bond donors (Lipinski definition) is 0. The summed E-state index contributed by atoms with van der Waals surface area (Å²) in [5, 5.41) is 11.3. The second kappa shape index (κ2) is 7.55. The van der Waals surface area contributed by atoms with E-state index in [0.717, 1.165) is 11.3 Å². The normalized spacial score (nSPS) is 10.8. The summed E-state index contributed by atoms with van der Waals surface area (Å²) in [6.07, 6.45) is 3.62. The smallest absolute Gasteiger partial charge is 0.273 e. The molecule has 7 heteroatoms. The molecule has 0 aliphatic rings. The SMILES string of the molecule is Cc1ccc(C(=O)N(Cc2cnc3ccccn23)c2ccccc2)cc1[N+](=O)[O-]. The minimum absolute atomic E-state index is 0.0707. The zero-order chi connectivity index (χ0) is 20.4. The van der Waals surface area contributed by atoms with Gasteiger partial charge in [0.2, 0.25) is 0 Å². The van der Waals surface area contributed by atoms with Crippen LogP contribution < -0.4 is 4.90 Å². The predicted octanol–water partition coefficient (Wildman–Crippen LogP) is 4.40. The summed E-state index contributed by atoms with van der Waals surface area (Å²) in [5.41, 5.74) is 3.03. The van der Waals surface area contributed by atoms with Crippen LogP contribution >= 0.6 is 0 Å². The highest BCUT2D eigenvalue weighted by Crippen LogP contribution is 2.24. The van der Waals surface area contributed by atoms with Crippen molar-refractivity contribution in [1.82, 2.24) is 9.38 Å². The van der Waals surface area contributed by atoms with Gasteiger partial charge in [-0.2, -0.15) is 0 Å². The Morgan fingerprint density at radius 3 is 2.62 bits per heavy atom. The first-order valence-corrected chi connectivity index (χ1v) is 9.07. The standard InChI is InChI=1S/C22H18N4O3/c1-16-10-11-17(13-20(16)26(28)29)22(27)25(18-7-3-2-4-8-18)15-19-14-23-21-9-5-6-12-24(19)21/h2-14H,15H2,1H3. The van der Waals surface area contributed by atoms with Gasteiger partial charge >= 0.3 is 0 Å². The maximum Gasteiger partial charge on any atom is 0.273 e. The van der Waals surface area contributed by atoms with Crippen molar-refractivity contribution < 1.29 is 9.72 Å².